The summed E-state index contributed by atoms with van der Waals surface area (Å²) in [5.74, 6) is -2.45. The molecular weight excluding hydrogens is 841 g/mol. The maximum absolute atomic E-state index is 15.0. The van der Waals surface area contributed by atoms with Gasteiger partial charge in [0.2, 0.25) is 11.8 Å². The number of rotatable bonds is 18. The molecule has 15 heteroatoms. The van der Waals surface area contributed by atoms with Crippen LogP contribution < -0.4 is 21.3 Å². The minimum atomic E-state index is -2.55. The number of carbonyl (C=O) groups excluding carboxylic acids is 5. The van der Waals surface area contributed by atoms with Gasteiger partial charge < -0.3 is 34.8 Å². The molecule has 14 nitrogen and oxygen atoms in total. The fourth-order valence-electron chi connectivity index (χ4n) is 8.12. The number of morpholine rings is 1. The van der Waals surface area contributed by atoms with Gasteiger partial charge in [-0.25, -0.2) is 9.59 Å². The maximum Gasteiger partial charge on any atom is 0.407 e. The highest BCUT2D eigenvalue weighted by molar-refractivity contribution is 6.74. The quantitative estimate of drug-likeness (QED) is 0.108. The molecule has 1 aliphatic heterocycles. The van der Waals surface area contributed by atoms with Crippen LogP contribution >= 0.6 is 0 Å². The fourth-order valence-corrected chi connectivity index (χ4v) is 9.49. The molecule has 4 N–H and O–H groups in total. The second-order valence-corrected chi connectivity index (χ2v) is 25.5. The number of benzene rings is 2. The van der Waals surface area contributed by atoms with Crippen molar-refractivity contribution in [3.63, 3.8) is 0 Å². The van der Waals surface area contributed by atoms with E-state index >= 15 is 4.79 Å². The first-order valence-corrected chi connectivity index (χ1v) is 26.4. The van der Waals surface area contributed by atoms with Gasteiger partial charge in [0, 0.05) is 25.4 Å². The third-order valence-electron chi connectivity index (χ3n) is 12.9. The second kappa shape index (κ2) is 24.1. The van der Waals surface area contributed by atoms with E-state index in [-0.39, 0.29) is 24.3 Å². The summed E-state index contributed by atoms with van der Waals surface area (Å²) in [6, 6.07) is 15.2. The first-order valence-electron chi connectivity index (χ1n) is 23.5. The molecule has 2 aliphatic rings. The predicted molar refractivity (Wildman–Crippen MR) is 254 cm³/mol. The molecule has 0 spiro atoms. The zero-order chi connectivity index (χ0) is 48.0. The van der Waals surface area contributed by atoms with Crippen molar-refractivity contribution in [1.29, 1.82) is 5.26 Å². The van der Waals surface area contributed by atoms with Crippen LogP contribution in [0.2, 0.25) is 18.1 Å². The van der Waals surface area contributed by atoms with E-state index in [1.54, 1.807) is 12.1 Å². The number of carbonyl (C=O) groups is 5. The molecule has 1 heterocycles. The van der Waals surface area contributed by atoms with Crippen molar-refractivity contribution in [3.8, 4) is 6.07 Å². The summed E-state index contributed by atoms with van der Waals surface area (Å²) in [5, 5.41) is 21.0. The van der Waals surface area contributed by atoms with E-state index in [0.717, 1.165) is 36.8 Å². The lowest BCUT2D eigenvalue weighted by atomic mass is 9.81. The lowest BCUT2D eigenvalue weighted by molar-refractivity contribution is -0.134. The summed E-state index contributed by atoms with van der Waals surface area (Å²) in [6.45, 7) is 21.3. The Bertz CT molecular complexity index is 1910. The molecular formula is C50H76N6O8Si. The summed E-state index contributed by atoms with van der Waals surface area (Å²) in [5.41, 5.74) is 1.34. The van der Waals surface area contributed by atoms with E-state index in [4.69, 9.17) is 13.9 Å². The third-order valence-corrected chi connectivity index (χ3v) is 17.4. The van der Waals surface area contributed by atoms with Crippen LogP contribution in [-0.4, -0.2) is 99.2 Å². The van der Waals surface area contributed by atoms with Crippen molar-refractivity contribution in [2.24, 2.45) is 17.8 Å². The number of nitrogens with one attached hydrogen (secondary N) is 4. The normalized spacial score (nSPS) is 17.4. The summed E-state index contributed by atoms with van der Waals surface area (Å²) in [7, 11) is -2.55. The highest BCUT2D eigenvalue weighted by atomic mass is 28.4. The number of imide groups is 1. The third kappa shape index (κ3) is 17.2. The zero-order valence-electron chi connectivity index (χ0n) is 40.6. The van der Waals surface area contributed by atoms with Gasteiger partial charge in [-0.05, 0) is 93.3 Å². The molecule has 358 valence electrons. The Kier molecular flexibility index (Phi) is 19.6. The average Bonchev–Trinajstić information content (AvgIpc) is 3.24. The molecule has 2 fully saturated rings. The Morgan fingerprint density at radius 2 is 1.43 bits per heavy atom. The lowest BCUT2D eigenvalue weighted by Crippen LogP contribution is -2.59. The summed E-state index contributed by atoms with van der Waals surface area (Å²) >= 11 is 0. The highest BCUT2D eigenvalue weighted by Crippen LogP contribution is 2.40. The molecule has 5 unspecified atom stereocenters. The minimum absolute atomic E-state index is 0.106. The van der Waals surface area contributed by atoms with Crippen LogP contribution in [0.4, 0.5) is 9.59 Å². The number of ether oxygens (including phenoxy) is 2. The number of hydrogen-bond acceptors (Lipinski definition) is 9. The van der Waals surface area contributed by atoms with Gasteiger partial charge >= 0.3 is 12.1 Å². The number of nitriles is 1. The molecule has 1 aliphatic carbocycles. The lowest BCUT2D eigenvalue weighted by Gasteiger charge is -2.43. The molecule has 0 bridgehead atoms. The number of urea groups is 1. The number of nitrogens with zero attached hydrogens (tertiary/aromatic N) is 2. The summed E-state index contributed by atoms with van der Waals surface area (Å²) < 4.78 is 18.5. The monoisotopic (exact) mass is 917 g/mol. The van der Waals surface area contributed by atoms with Crippen LogP contribution in [0.1, 0.15) is 117 Å². The Balaban J connectivity index is 1.70. The van der Waals surface area contributed by atoms with Gasteiger partial charge in [0.05, 0.1) is 37.0 Å². The van der Waals surface area contributed by atoms with Crippen LogP contribution in [-0.2, 0) is 41.1 Å². The van der Waals surface area contributed by atoms with Gasteiger partial charge in [-0.1, -0.05) is 109 Å². The molecule has 2 aromatic carbocycles. The molecule has 6 amide bonds. The number of hydrogen-bond donors (Lipinski definition) is 4. The first-order chi connectivity index (χ1) is 30.5. The van der Waals surface area contributed by atoms with Gasteiger partial charge in [-0.3, -0.25) is 19.7 Å². The minimum Gasteiger partial charge on any atom is -0.444 e. The van der Waals surface area contributed by atoms with Gasteiger partial charge in [0.1, 0.15) is 17.7 Å². The molecule has 4 rings (SSSR count). The molecule has 65 heavy (non-hydrogen) atoms. The van der Waals surface area contributed by atoms with Gasteiger partial charge in [-0.2, -0.15) is 5.26 Å². The van der Waals surface area contributed by atoms with Crippen molar-refractivity contribution in [2.45, 2.75) is 161 Å². The van der Waals surface area contributed by atoms with Crippen molar-refractivity contribution in [2.75, 3.05) is 26.3 Å². The Labute approximate surface area is 388 Å². The van der Waals surface area contributed by atoms with E-state index in [1.807, 2.05) is 77.1 Å². The van der Waals surface area contributed by atoms with Crippen molar-refractivity contribution >= 4 is 38.2 Å². The number of amides is 6. The van der Waals surface area contributed by atoms with E-state index < -0.39 is 79.8 Å². The van der Waals surface area contributed by atoms with Crippen molar-refractivity contribution in [3.05, 3.63) is 71.3 Å². The molecule has 0 radical (unpaired) electrons. The van der Waals surface area contributed by atoms with Crippen LogP contribution in [0.25, 0.3) is 0 Å². The van der Waals surface area contributed by atoms with Crippen molar-refractivity contribution in [1.82, 2.24) is 26.2 Å². The summed E-state index contributed by atoms with van der Waals surface area (Å²) in [4.78, 5) is 71.5. The van der Waals surface area contributed by atoms with E-state index in [2.05, 4.69) is 61.2 Å². The molecule has 5 atom stereocenters. The van der Waals surface area contributed by atoms with Gasteiger partial charge in [-0.15, -0.1) is 0 Å². The molecule has 1 saturated carbocycles. The van der Waals surface area contributed by atoms with Crippen LogP contribution in [0, 0.1) is 29.1 Å². The zero-order valence-corrected chi connectivity index (χ0v) is 41.6. The second-order valence-electron chi connectivity index (χ2n) is 20.7. The molecule has 2 aromatic rings. The van der Waals surface area contributed by atoms with Crippen LogP contribution in [0.5, 0.6) is 0 Å². The molecule has 0 aromatic heterocycles. The Morgan fingerprint density at radius 3 is 2.00 bits per heavy atom. The highest BCUT2D eigenvalue weighted by Gasteiger charge is 2.43. The van der Waals surface area contributed by atoms with E-state index in [1.165, 1.54) is 11.3 Å². The standard InChI is InChI=1S/C50H76N6O8Si/c1-34(2)43(46(59)52-41(31-36-19-15-12-16-20-36)45(58)55-47(60)56-25-27-62-28-26-56)54-44(57)39(29-37-21-23-38(33-51)24-22-37)32-42(64-65(9,10)50(6,7)8)40(30-35-17-13-11-14-18-35)53-48(61)63-49(3,4)5/h12,15-16,19-24,34-35,39-43H,11,13-14,17-18,25-32H2,1-10H3,(H,52,59)(H,53,61)(H,54,57)(H,55,58,60). The van der Waals surface area contributed by atoms with Gasteiger partial charge in [0.15, 0.2) is 8.32 Å². The Hall–Kier alpha value is -4.78. The SMILES string of the molecule is CC(C)C(NC(=O)C(Cc1ccc(C#N)cc1)CC(O[Si](C)(C)C(C)(C)C)C(CC1CCCCC1)NC(=O)OC(C)(C)C)C(=O)NC(Cc1ccccc1)C(=O)NC(=O)N1CCOCC1. The topological polar surface area (TPSA) is 188 Å². The van der Waals surface area contributed by atoms with Gasteiger partial charge in [0.25, 0.3) is 5.91 Å². The summed E-state index contributed by atoms with van der Waals surface area (Å²) in [6.07, 6.45) is 5.53. The van der Waals surface area contributed by atoms with E-state index in [0.29, 0.717) is 44.2 Å². The first kappa shape index (κ1) is 52.8. The van der Waals surface area contributed by atoms with Crippen LogP contribution in [0.3, 0.4) is 0 Å². The fraction of sp³-hybridized carbons (Fsp3) is 0.640. The predicted octanol–water partition coefficient (Wildman–Crippen LogP) is 7.80. The molecule has 1 saturated heterocycles. The van der Waals surface area contributed by atoms with E-state index in [9.17, 15) is 24.4 Å². The van der Waals surface area contributed by atoms with Crippen LogP contribution in [0.15, 0.2) is 54.6 Å². The largest absolute Gasteiger partial charge is 0.444 e. The maximum atomic E-state index is 15.0. The smallest absolute Gasteiger partial charge is 0.407 e. The van der Waals surface area contributed by atoms with Crippen molar-refractivity contribution < 1.29 is 37.9 Å². The average molecular weight is 917 g/mol. The number of alkyl carbamates (subject to hydrolysis) is 1. The Morgan fingerprint density at radius 1 is 0.815 bits per heavy atom.